The van der Waals surface area contributed by atoms with Crippen LogP contribution in [-0.4, -0.2) is 44.1 Å². The van der Waals surface area contributed by atoms with Crippen molar-refractivity contribution in [2.45, 2.75) is 20.4 Å². The lowest BCUT2D eigenvalue weighted by molar-refractivity contribution is 0.308. The van der Waals surface area contributed by atoms with Crippen molar-refractivity contribution >= 4 is 41.3 Å². The molecule has 0 aliphatic heterocycles. The van der Waals surface area contributed by atoms with Gasteiger partial charge in [0.25, 0.3) is 0 Å². The van der Waals surface area contributed by atoms with Gasteiger partial charge in [0, 0.05) is 26.7 Å². The Morgan fingerprint density at radius 1 is 1.32 bits per heavy atom. The van der Waals surface area contributed by atoms with Crippen molar-refractivity contribution in [1.82, 2.24) is 15.5 Å². The topological polar surface area (TPSA) is 39.7 Å². The van der Waals surface area contributed by atoms with E-state index in [2.05, 4.69) is 51.2 Å². The summed E-state index contributed by atoms with van der Waals surface area (Å²) in [5.41, 5.74) is 1.30. The van der Waals surface area contributed by atoms with E-state index in [1.165, 1.54) is 5.56 Å². The third-order valence-electron chi connectivity index (χ3n) is 2.88. The number of thiophene rings is 1. The monoisotopic (exact) mass is 396 g/mol. The molecular weight excluding hydrogens is 371 g/mol. The third kappa shape index (κ3) is 7.74. The normalized spacial score (nSPS) is 11.3. The smallest absolute Gasteiger partial charge is 0.191 e. The molecule has 0 aromatic carbocycles. The highest BCUT2D eigenvalue weighted by atomic mass is 127. The van der Waals surface area contributed by atoms with Gasteiger partial charge in [-0.15, -0.1) is 24.0 Å². The van der Waals surface area contributed by atoms with Crippen LogP contribution in [0, 0.1) is 0 Å². The minimum atomic E-state index is 0. The Bertz CT molecular complexity index is 336. The van der Waals surface area contributed by atoms with Crippen LogP contribution in [0.15, 0.2) is 21.8 Å². The van der Waals surface area contributed by atoms with E-state index in [1.54, 1.807) is 18.4 Å². The molecule has 0 bridgehead atoms. The fraction of sp³-hybridized carbons (Fsp3) is 0.615. The SMILES string of the molecule is CCN(CC)CCNC(=NC)NCc1ccsc1.I. The molecule has 0 aliphatic carbocycles. The summed E-state index contributed by atoms with van der Waals surface area (Å²) in [7, 11) is 1.81. The highest BCUT2D eigenvalue weighted by Crippen LogP contribution is 2.04. The standard InChI is InChI=1S/C13H24N4S.HI/c1-4-17(5-2)8-7-15-13(14-3)16-10-12-6-9-18-11-12;/h6,9,11H,4-5,7-8,10H2,1-3H3,(H2,14,15,16);1H. The molecule has 19 heavy (non-hydrogen) atoms. The van der Waals surface area contributed by atoms with Gasteiger partial charge in [-0.05, 0) is 35.5 Å². The van der Waals surface area contributed by atoms with Crippen molar-refractivity contribution in [3.63, 3.8) is 0 Å². The van der Waals surface area contributed by atoms with E-state index < -0.39 is 0 Å². The zero-order valence-electron chi connectivity index (χ0n) is 12.0. The fourth-order valence-electron chi connectivity index (χ4n) is 1.67. The highest BCUT2D eigenvalue weighted by molar-refractivity contribution is 14.0. The van der Waals surface area contributed by atoms with Crippen LogP contribution in [0.3, 0.4) is 0 Å². The summed E-state index contributed by atoms with van der Waals surface area (Å²) < 4.78 is 0. The third-order valence-corrected chi connectivity index (χ3v) is 3.61. The molecule has 1 heterocycles. The lowest BCUT2D eigenvalue weighted by Gasteiger charge is -2.19. The second kappa shape index (κ2) is 11.5. The molecule has 0 radical (unpaired) electrons. The number of nitrogens with one attached hydrogen (secondary N) is 2. The van der Waals surface area contributed by atoms with Crippen molar-refractivity contribution in [1.29, 1.82) is 0 Å². The first-order chi connectivity index (χ1) is 8.80. The van der Waals surface area contributed by atoms with Crippen molar-refractivity contribution in [3.05, 3.63) is 22.4 Å². The maximum absolute atomic E-state index is 4.22. The van der Waals surface area contributed by atoms with Gasteiger partial charge in [-0.1, -0.05) is 13.8 Å². The van der Waals surface area contributed by atoms with Crippen molar-refractivity contribution in [2.75, 3.05) is 33.2 Å². The highest BCUT2D eigenvalue weighted by Gasteiger charge is 2.01. The lowest BCUT2D eigenvalue weighted by Crippen LogP contribution is -2.41. The van der Waals surface area contributed by atoms with Gasteiger partial charge in [-0.3, -0.25) is 4.99 Å². The van der Waals surface area contributed by atoms with Crippen LogP contribution in [0.1, 0.15) is 19.4 Å². The molecular formula is C13H25IN4S. The average Bonchev–Trinajstić information content (AvgIpc) is 2.91. The molecule has 2 N–H and O–H groups in total. The molecule has 110 valence electrons. The van der Waals surface area contributed by atoms with Gasteiger partial charge < -0.3 is 15.5 Å². The van der Waals surface area contributed by atoms with Gasteiger partial charge in [-0.25, -0.2) is 0 Å². The van der Waals surface area contributed by atoms with E-state index in [0.29, 0.717) is 0 Å². The lowest BCUT2D eigenvalue weighted by atomic mass is 10.3. The molecule has 0 saturated heterocycles. The molecule has 1 aromatic rings. The summed E-state index contributed by atoms with van der Waals surface area (Å²) in [6.07, 6.45) is 0. The van der Waals surface area contributed by atoms with Crippen LogP contribution in [0.5, 0.6) is 0 Å². The molecule has 0 saturated carbocycles. The summed E-state index contributed by atoms with van der Waals surface area (Å²) in [4.78, 5) is 6.60. The van der Waals surface area contributed by atoms with Gasteiger partial charge in [0.1, 0.15) is 0 Å². The van der Waals surface area contributed by atoms with Gasteiger partial charge in [0.2, 0.25) is 0 Å². The Morgan fingerprint density at radius 2 is 2.05 bits per heavy atom. The molecule has 0 fully saturated rings. The Morgan fingerprint density at radius 3 is 2.58 bits per heavy atom. The van der Waals surface area contributed by atoms with Crippen LogP contribution in [0.25, 0.3) is 0 Å². The van der Waals surface area contributed by atoms with Crippen molar-refractivity contribution in [2.24, 2.45) is 4.99 Å². The van der Waals surface area contributed by atoms with Crippen LogP contribution in [0.2, 0.25) is 0 Å². The second-order valence-electron chi connectivity index (χ2n) is 4.01. The first kappa shape index (κ1) is 18.7. The van der Waals surface area contributed by atoms with Crippen LogP contribution in [0.4, 0.5) is 0 Å². The van der Waals surface area contributed by atoms with Crippen molar-refractivity contribution in [3.8, 4) is 0 Å². The summed E-state index contributed by atoms with van der Waals surface area (Å²) >= 11 is 1.72. The van der Waals surface area contributed by atoms with Gasteiger partial charge in [-0.2, -0.15) is 11.3 Å². The molecule has 6 heteroatoms. The minimum Gasteiger partial charge on any atom is -0.355 e. The Balaban J connectivity index is 0.00000324. The average molecular weight is 396 g/mol. The van der Waals surface area contributed by atoms with E-state index >= 15 is 0 Å². The molecule has 4 nitrogen and oxygen atoms in total. The first-order valence-corrected chi connectivity index (χ1v) is 7.42. The Kier molecular flexibility index (Phi) is 11.3. The van der Waals surface area contributed by atoms with E-state index in [4.69, 9.17) is 0 Å². The second-order valence-corrected chi connectivity index (χ2v) is 4.79. The predicted octanol–water partition coefficient (Wildman–Crippen LogP) is 2.37. The van der Waals surface area contributed by atoms with Gasteiger partial charge in [0.05, 0.1) is 0 Å². The summed E-state index contributed by atoms with van der Waals surface area (Å²) in [6.45, 7) is 9.37. The van der Waals surface area contributed by atoms with Crippen molar-refractivity contribution < 1.29 is 0 Å². The van der Waals surface area contributed by atoms with Gasteiger partial charge >= 0.3 is 0 Å². The van der Waals surface area contributed by atoms with E-state index in [0.717, 1.165) is 38.7 Å². The number of halogens is 1. The van der Waals surface area contributed by atoms with Crippen LogP contribution >= 0.6 is 35.3 Å². The largest absolute Gasteiger partial charge is 0.355 e. The summed E-state index contributed by atoms with van der Waals surface area (Å²) in [5, 5.41) is 10.9. The molecule has 0 atom stereocenters. The number of likely N-dealkylation sites (N-methyl/N-ethyl adjacent to an activating group) is 1. The quantitative estimate of drug-likeness (QED) is 0.422. The minimum absolute atomic E-state index is 0. The fourth-order valence-corrected chi connectivity index (χ4v) is 2.34. The Hall–Kier alpha value is -0.340. The molecule has 1 aromatic heterocycles. The van der Waals surface area contributed by atoms with E-state index in [-0.39, 0.29) is 24.0 Å². The molecule has 0 amide bonds. The zero-order valence-corrected chi connectivity index (χ0v) is 15.1. The maximum Gasteiger partial charge on any atom is 0.191 e. The number of hydrogen-bond acceptors (Lipinski definition) is 3. The summed E-state index contributed by atoms with van der Waals surface area (Å²) in [5.74, 6) is 0.869. The Labute approximate surface area is 137 Å². The van der Waals surface area contributed by atoms with Crippen LogP contribution < -0.4 is 10.6 Å². The molecule has 1 rings (SSSR count). The number of rotatable bonds is 7. The van der Waals surface area contributed by atoms with Gasteiger partial charge in [0.15, 0.2) is 5.96 Å². The first-order valence-electron chi connectivity index (χ1n) is 6.48. The van der Waals surface area contributed by atoms with E-state index in [1.807, 2.05) is 0 Å². The number of guanidine groups is 1. The molecule has 0 aliphatic rings. The zero-order chi connectivity index (χ0) is 13.2. The molecule has 0 unspecified atom stereocenters. The molecule has 0 spiro atoms. The van der Waals surface area contributed by atoms with E-state index in [9.17, 15) is 0 Å². The van der Waals surface area contributed by atoms with Crippen LogP contribution in [-0.2, 0) is 6.54 Å². The summed E-state index contributed by atoms with van der Waals surface area (Å²) in [6, 6.07) is 2.13. The number of nitrogens with zero attached hydrogens (tertiary/aromatic N) is 2. The predicted molar refractivity (Wildman–Crippen MR) is 95.7 cm³/mol. The number of hydrogen-bond donors (Lipinski definition) is 2. The number of aliphatic imine (C=N–C) groups is 1. The maximum atomic E-state index is 4.22.